The second-order valence-electron chi connectivity index (χ2n) is 7.50. The molecule has 0 fully saturated rings. The Morgan fingerprint density at radius 1 is 0.818 bits per heavy atom. The van der Waals surface area contributed by atoms with Crippen LogP contribution in [0.5, 0.6) is 0 Å². The predicted molar refractivity (Wildman–Crippen MR) is 96.1 cm³/mol. The first-order valence-electron chi connectivity index (χ1n) is 8.35. The zero-order valence-electron chi connectivity index (χ0n) is 13.2. The van der Waals surface area contributed by atoms with Gasteiger partial charge in [0.2, 0.25) is 0 Å². The molecule has 0 atom stereocenters. The van der Waals surface area contributed by atoms with Crippen molar-refractivity contribution in [2.75, 3.05) is 0 Å². The van der Waals surface area contributed by atoms with Crippen molar-refractivity contribution in [3.8, 4) is 0 Å². The monoisotopic (exact) mass is 284 g/mol. The van der Waals surface area contributed by atoms with Gasteiger partial charge in [-0.05, 0) is 68.1 Å². The fraction of sp³-hybridized carbons (Fsp3) is 0.273. The Hall–Kier alpha value is -2.08. The average Bonchev–Trinajstić information content (AvgIpc) is 2.52. The first-order chi connectivity index (χ1) is 10.6. The van der Waals surface area contributed by atoms with Gasteiger partial charge in [-0.15, -0.1) is 0 Å². The molecule has 0 nitrogen and oxygen atoms in total. The second kappa shape index (κ2) is 4.01. The first kappa shape index (κ1) is 12.5. The average molecular weight is 284 g/mol. The van der Waals surface area contributed by atoms with Gasteiger partial charge < -0.3 is 0 Å². The highest BCUT2D eigenvalue weighted by molar-refractivity contribution is 6.23. The third kappa shape index (κ3) is 1.48. The molecule has 0 spiro atoms. The fourth-order valence-corrected chi connectivity index (χ4v) is 4.58. The number of fused-ring (bicyclic) bond motifs is 2. The van der Waals surface area contributed by atoms with Gasteiger partial charge in [0, 0.05) is 0 Å². The largest absolute Gasteiger partial charge is 0.0610 e. The van der Waals surface area contributed by atoms with Crippen LogP contribution < -0.4 is 0 Å². The first-order valence-corrected chi connectivity index (χ1v) is 8.35. The summed E-state index contributed by atoms with van der Waals surface area (Å²) >= 11 is 0. The minimum Gasteiger partial charge on any atom is -0.0610 e. The van der Waals surface area contributed by atoms with Crippen LogP contribution in [0.3, 0.4) is 0 Å². The van der Waals surface area contributed by atoms with Crippen LogP contribution in [0, 0.1) is 0 Å². The molecule has 4 aromatic rings. The van der Waals surface area contributed by atoms with Crippen LogP contribution in [0.1, 0.15) is 37.8 Å². The maximum Gasteiger partial charge on any atom is -0.00238 e. The van der Waals surface area contributed by atoms with Crippen LogP contribution >= 0.6 is 0 Å². The molecule has 0 bridgehead atoms. The van der Waals surface area contributed by atoms with E-state index in [9.17, 15) is 0 Å². The Balaban J connectivity index is 2.06. The van der Waals surface area contributed by atoms with Crippen molar-refractivity contribution in [2.45, 2.75) is 38.5 Å². The van der Waals surface area contributed by atoms with E-state index in [-0.39, 0.29) is 0 Å². The van der Waals surface area contributed by atoms with Gasteiger partial charge in [-0.1, -0.05) is 62.4 Å². The van der Waals surface area contributed by atoms with E-state index in [1.165, 1.54) is 51.6 Å². The number of rotatable bonds is 0. The van der Waals surface area contributed by atoms with Crippen LogP contribution in [0.4, 0.5) is 0 Å². The van der Waals surface area contributed by atoms with Gasteiger partial charge >= 0.3 is 0 Å². The van der Waals surface area contributed by atoms with Crippen molar-refractivity contribution < 1.29 is 0 Å². The molecular formula is C22H20. The fourth-order valence-electron chi connectivity index (χ4n) is 4.58. The van der Waals surface area contributed by atoms with E-state index in [0.717, 1.165) is 0 Å². The SMILES string of the molecule is CC1(C)CCCc2c1cc1ccc3cccc4ccc2c1c34. The molecule has 1 aliphatic rings. The summed E-state index contributed by atoms with van der Waals surface area (Å²) < 4.78 is 0. The maximum atomic E-state index is 2.47. The van der Waals surface area contributed by atoms with Gasteiger partial charge in [0.05, 0.1) is 0 Å². The van der Waals surface area contributed by atoms with Crippen molar-refractivity contribution in [1.82, 2.24) is 0 Å². The summed E-state index contributed by atoms with van der Waals surface area (Å²) in [7, 11) is 0. The van der Waals surface area contributed by atoms with E-state index >= 15 is 0 Å². The summed E-state index contributed by atoms with van der Waals surface area (Å²) in [6.07, 6.45) is 3.84. The molecule has 4 aromatic carbocycles. The van der Waals surface area contributed by atoms with Crippen LogP contribution in [-0.4, -0.2) is 0 Å². The van der Waals surface area contributed by atoms with Gasteiger partial charge in [0.1, 0.15) is 0 Å². The Morgan fingerprint density at radius 2 is 1.55 bits per heavy atom. The predicted octanol–water partition coefficient (Wildman–Crippen LogP) is 6.20. The molecule has 0 heteroatoms. The molecule has 0 unspecified atom stereocenters. The Labute approximate surface area is 131 Å². The van der Waals surface area contributed by atoms with Crippen molar-refractivity contribution >= 4 is 32.3 Å². The minimum atomic E-state index is 0.304. The van der Waals surface area contributed by atoms with E-state index in [4.69, 9.17) is 0 Å². The summed E-state index contributed by atoms with van der Waals surface area (Å²) in [4.78, 5) is 0. The Bertz CT molecular complexity index is 1000. The van der Waals surface area contributed by atoms with Crippen molar-refractivity contribution in [1.29, 1.82) is 0 Å². The van der Waals surface area contributed by atoms with Gasteiger partial charge in [-0.3, -0.25) is 0 Å². The minimum absolute atomic E-state index is 0.304. The third-order valence-corrected chi connectivity index (χ3v) is 5.72. The Morgan fingerprint density at radius 3 is 2.36 bits per heavy atom. The maximum absolute atomic E-state index is 2.47. The molecule has 0 amide bonds. The zero-order valence-corrected chi connectivity index (χ0v) is 13.2. The van der Waals surface area contributed by atoms with Crippen LogP contribution in [0.25, 0.3) is 32.3 Å². The number of hydrogen-bond acceptors (Lipinski definition) is 0. The second-order valence-corrected chi connectivity index (χ2v) is 7.50. The summed E-state index contributed by atoms with van der Waals surface area (Å²) in [5.41, 5.74) is 3.48. The van der Waals surface area contributed by atoms with Crippen LogP contribution in [-0.2, 0) is 11.8 Å². The Kier molecular flexibility index (Phi) is 2.27. The van der Waals surface area contributed by atoms with Gasteiger partial charge in [0.15, 0.2) is 0 Å². The molecular weight excluding hydrogens is 264 g/mol. The van der Waals surface area contributed by atoms with Gasteiger partial charge in [-0.25, -0.2) is 0 Å². The third-order valence-electron chi connectivity index (χ3n) is 5.72. The van der Waals surface area contributed by atoms with E-state index < -0.39 is 0 Å². The molecule has 0 saturated carbocycles. The van der Waals surface area contributed by atoms with E-state index in [1.807, 2.05) is 0 Å². The quantitative estimate of drug-likeness (QED) is 0.337. The topological polar surface area (TPSA) is 0 Å². The molecule has 22 heavy (non-hydrogen) atoms. The van der Waals surface area contributed by atoms with Gasteiger partial charge in [-0.2, -0.15) is 0 Å². The van der Waals surface area contributed by atoms with E-state index in [2.05, 4.69) is 62.4 Å². The molecule has 0 radical (unpaired) electrons. The molecule has 5 rings (SSSR count). The molecule has 1 aliphatic carbocycles. The van der Waals surface area contributed by atoms with Crippen molar-refractivity contribution in [3.63, 3.8) is 0 Å². The van der Waals surface area contributed by atoms with E-state index in [0.29, 0.717) is 5.41 Å². The lowest BCUT2D eigenvalue weighted by atomic mass is 9.70. The number of benzene rings is 4. The summed E-state index contributed by atoms with van der Waals surface area (Å²) in [5, 5.41) is 8.56. The molecule has 0 heterocycles. The lowest BCUT2D eigenvalue weighted by Gasteiger charge is -2.34. The van der Waals surface area contributed by atoms with Crippen molar-refractivity contribution in [2.24, 2.45) is 0 Å². The standard InChI is InChI=1S/C22H20/c1-22(2)12-4-7-17-18-11-10-15-6-3-5-14-8-9-16(13-19(17)22)21(18)20(14)15/h3,5-6,8-11,13H,4,7,12H2,1-2H3. The van der Waals surface area contributed by atoms with E-state index in [1.54, 1.807) is 11.1 Å². The lowest BCUT2D eigenvalue weighted by molar-refractivity contribution is 0.434. The van der Waals surface area contributed by atoms with Crippen molar-refractivity contribution in [3.05, 3.63) is 59.7 Å². The number of aryl methyl sites for hydroxylation is 1. The van der Waals surface area contributed by atoms with Crippen LogP contribution in [0.15, 0.2) is 48.5 Å². The molecule has 108 valence electrons. The zero-order chi connectivity index (χ0) is 14.9. The highest BCUT2D eigenvalue weighted by Gasteiger charge is 2.29. The highest BCUT2D eigenvalue weighted by atomic mass is 14.3. The molecule has 0 N–H and O–H groups in total. The summed E-state index contributed by atoms with van der Waals surface area (Å²) in [5.74, 6) is 0. The highest BCUT2D eigenvalue weighted by Crippen LogP contribution is 2.44. The molecule has 0 saturated heterocycles. The molecule has 0 aliphatic heterocycles. The molecule has 0 aromatic heterocycles. The summed E-state index contributed by atoms with van der Waals surface area (Å²) in [6.45, 7) is 4.81. The lowest BCUT2D eigenvalue weighted by Crippen LogP contribution is -2.24. The normalized spacial score (nSPS) is 17.4. The van der Waals surface area contributed by atoms with Crippen LogP contribution in [0.2, 0.25) is 0 Å². The smallest absolute Gasteiger partial charge is 0.00238 e. The summed E-state index contributed by atoms with van der Waals surface area (Å²) in [6, 6.07) is 18.4. The number of hydrogen-bond donors (Lipinski definition) is 0. The van der Waals surface area contributed by atoms with Gasteiger partial charge in [0.25, 0.3) is 0 Å².